The van der Waals surface area contributed by atoms with Crippen LogP contribution in [0.25, 0.3) is 11.1 Å². The number of hydrogen-bond acceptors (Lipinski definition) is 6. The molecule has 2 aliphatic carbocycles. The quantitative estimate of drug-likeness (QED) is 0.108. The Balaban J connectivity index is 1.50. The molecule has 0 atom stereocenters. The van der Waals surface area contributed by atoms with Gasteiger partial charge in [-0.25, -0.2) is 9.59 Å². The van der Waals surface area contributed by atoms with E-state index in [0.717, 1.165) is 47.3 Å². The Morgan fingerprint density at radius 1 is 0.744 bits per heavy atom. The molecule has 2 fully saturated rings. The van der Waals surface area contributed by atoms with E-state index in [2.05, 4.69) is 38.3 Å². The zero-order valence-electron chi connectivity index (χ0n) is 25.9. The van der Waals surface area contributed by atoms with Crippen molar-refractivity contribution >= 4 is 11.9 Å². The average molecular weight is 587 g/mol. The van der Waals surface area contributed by atoms with Crippen molar-refractivity contribution < 1.29 is 28.5 Å². The van der Waals surface area contributed by atoms with Gasteiger partial charge in [0.05, 0.1) is 24.4 Å². The molecule has 230 valence electrons. The van der Waals surface area contributed by atoms with E-state index < -0.39 is 11.9 Å². The largest absolute Gasteiger partial charge is 0.423 e. The lowest BCUT2D eigenvalue weighted by Gasteiger charge is -2.37. The van der Waals surface area contributed by atoms with Gasteiger partial charge in [0, 0.05) is 14.2 Å². The molecule has 4 rings (SSSR count). The molecule has 0 heterocycles. The number of esters is 2. The maximum Gasteiger partial charge on any atom is 0.341 e. The van der Waals surface area contributed by atoms with Crippen LogP contribution in [0.4, 0.5) is 0 Å². The lowest BCUT2D eigenvalue weighted by Crippen LogP contribution is -2.25. The Labute approximate surface area is 256 Å². The van der Waals surface area contributed by atoms with Crippen LogP contribution in [0.5, 0.6) is 11.5 Å². The smallest absolute Gasteiger partial charge is 0.341 e. The number of rotatable bonds is 12. The summed E-state index contributed by atoms with van der Waals surface area (Å²) in [5.74, 6) is 2.69. The lowest BCUT2D eigenvalue weighted by atomic mass is 9.68. The van der Waals surface area contributed by atoms with E-state index in [1.165, 1.54) is 52.7 Å². The summed E-state index contributed by atoms with van der Waals surface area (Å²) in [4.78, 5) is 25.0. The predicted octanol–water partition coefficient (Wildman–Crippen LogP) is 8.23. The van der Waals surface area contributed by atoms with Crippen molar-refractivity contribution in [3.63, 3.8) is 0 Å². The molecule has 2 aromatic carbocycles. The maximum absolute atomic E-state index is 12.8. The third-order valence-electron chi connectivity index (χ3n) is 8.98. The number of allylic oxidation sites excluding steroid dienone is 2. The summed E-state index contributed by atoms with van der Waals surface area (Å²) in [6.07, 6.45) is 14.4. The first kappa shape index (κ1) is 32.4. The Morgan fingerprint density at radius 3 is 1.84 bits per heavy atom. The molecule has 0 N–H and O–H groups in total. The number of benzene rings is 2. The normalized spacial score (nSPS) is 22.2. The van der Waals surface area contributed by atoms with Crippen molar-refractivity contribution in [3.05, 3.63) is 84.5 Å². The second-order valence-corrected chi connectivity index (χ2v) is 11.9. The molecule has 6 heteroatoms. The number of ether oxygens (including phenoxy) is 4. The van der Waals surface area contributed by atoms with Crippen LogP contribution in [0, 0.1) is 17.8 Å². The molecular weight excluding hydrogens is 540 g/mol. The number of carbonyl (C=O) groups excluding carboxylic acids is 2. The van der Waals surface area contributed by atoms with Crippen LogP contribution in [-0.4, -0.2) is 39.4 Å². The SMILES string of the molecule is C=C(COC)C(=O)Oc1ccc(-c2ccc(OC(=O)C(=C)COC)c(C3CCC(C4CCC(/C=C/C)CC4)CC3)c2)cc1. The number of methoxy groups -OCH3 is 2. The van der Waals surface area contributed by atoms with E-state index >= 15 is 0 Å². The monoisotopic (exact) mass is 586 g/mol. The van der Waals surface area contributed by atoms with E-state index in [-0.39, 0.29) is 24.4 Å². The van der Waals surface area contributed by atoms with Crippen LogP contribution in [-0.2, 0) is 19.1 Å². The number of carbonyl (C=O) groups is 2. The molecule has 0 bridgehead atoms. The van der Waals surface area contributed by atoms with Gasteiger partial charge in [0.15, 0.2) is 0 Å². The fourth-order valence-corrected chi connectivity index (χ4v) is 6.66. The third-order valence-corrected chi connectivity index (χ3v) is 8.98. The molecule has 0 aromatic heterocycles. The lowest BCUT2D eigenvalue weighted by molar-refractivity contribution is -0.131. The Morgan fingerprint density at radius 2 is 1.28 bits per heavy atom. The fourth-order valence-electron chi connectivity index (χ4n) is 6.66. The van der Waals surface area contributed by atoms with Crippen molar-refractivity contribution in [2.75, 3.05) is 27.4 Å². The zero-order chi connectivity index (χ0) is 30.8. The van der Waals surface area contributed by atoms with Crippen molar-refractivity contribution in [3.8, 4) is 22.6 Å². The molecule has 0 radical (unpaired) electrons. The summed E-state index contributed by atoms with van der Waals surface area (Å²) in [6, 6.07) is 13.4. The van der Waals surface area contributed by atoms with E-state index in [1.807, 2.05) is 24.3 Å². The molecule has 0 aliphatic heterocycles. The van der Waals surface area contributed by atoms with Gasteiger partial charge in [-0.2, -0.15) is 0 Å². The van der Waals surface area contributed by atoms with Gasteiger partial charge in [0.2, 0.25) is 0 Å². The van der Waals surface area contributed by atoms with Gasteiger partial charge in [-0.15, -0.1) is 0 Å². The minimum absolute atomic E-state index is 0.120. The van der Waals surface area contributed by atoms with E-state index in [0.29, 0.717) is 17.4 Å². The van der Waals surface area contributed by atoms with Crippen molar-refractivity contribution in [2.45, 2.75) is 64.2 Å². The summed E-state index contributed by atoms with van der Waals surface area (Å²) in [5.41, 5.74) is 3.58. The fraction of sp³-hybridized carbons (Fsp3) is 0.459. The molecular formula is C37H46O6. The van der Waals surface area contributed by atoms with Crippen molar-refractivity contribution in [1.82, 2.24) is 0 Å². The Bertz CT molecular complexity index is 1290. The summed E-state index contributed by atoms with van der Waals surface area (Å²) < 4.78 is 21.4. The predicted molar refractivity (Wildman–Crippen MR) is 170 cm³/mol. The molecule has 2 aliphatic rings. The van der Waals surface area contributed by atoms with Gasteiger partial charge in [-0.3, -0.25) is 0 Å². The summed E-state index contributed by atoms with van der Waals surface area (Å²) in [6.45, 7) is 9.89. The van der Waals surface area contributed by atoms with Gasteiger partial charge in [-0.05, 0) is 123 Å². The third kappa shape index (κ3) is 8.77. The van der Waals surface area contributed by atoms with Crippen LogP contribution in [0.3, 0.4) is 0 Å². The maximum atomic E-state index is 12.8. The second kappa shape index (κ2) is 15.8. The molecule has 43 heavy (non-hydrogen) atoms. The highest BCUT2D eigenvalue weighted by atomic mass is 16.5. The highest BCUT2D eigenvalue weighted by Gasteiger charge is 2.32. The second-order valence-electron chi connectivity index (χ2n) is 11.9. The first-order valence-corrected chi connectivity index (χ1v) is 15.5. The van der Waals surface area contributed by atoms with E-state index in [9.17, 15) is 9.59 Å². The van der Waals surface area contributed by atoms with Crippen LogP contribution in [0.2, 0.25) is 0 Å². The summed E-state index contributed by atoms with van der Waals surface area (Å²) in [7, 11) is 3.04. The highest BCUT2D eigenvalue weighted by molar-refractivity contribution is 5.90. The van der Waals surface area contributed by atoms with Crippen LogP contribution in [0.1, 0.15) is 69.8 Å². The summed E-state index contributed by atoms with van der Waals surface area (Å²) in [5, 5.41) is 0. The van der Waals surface area contributed by atoms with E-state index in [4.69, 9.17) is 18.9 Å². The van der Waals surface area contributed by atoms with E-state index in [1.54, 1.807) is 12.1 Å². The first-order valence-electron chi connectivity index (χ1n) is 15.5. The Hall–Kier alpha value is -3.48. The minimum Gasteiger partial charge on any atom is -0.423 e. The van der Waals surface area contributed by atoms with Gasteiger partial charge in [0.1, 0.15) is 11.5 Å². The van der Waals surface area contributed by atoms with Gasteiger partial charge < -0.3 is 18.9 Å². The van der Waals surface area contributed by atoms with Gasteiger partial charge >= 0.3 is 11.9 Å². The first-order chi connectivity index (χ1) is 20.8. The van der Waals surface area contributed by atoms with Gasteiger partial charge in [-0.1, -0.05) is 43.5 Å². The van der Waals surface area contributed by atoms with Crippen molar-refractivity contribution in [2.24, 2.45) is 17.8 Å². The molecule has 6 nitrogen and oxygen atoms in total. The van der Waals surface area contributed by atoms with Crippen LogP contribution in [0.15, 0.2) is 78.9 Å². The molecule has 0 unspecified atom stereocenters. The number of hydrogen-bond donors (Lipinski definition) is 0. The Kier molecular flexibility index (Phi) is 11.9. The molecule has 2 saturated carbocycles. The molecule has 0 spiro atoms. The molecule has 0 saturated heterocycles. The molecule has 0 amide bonds. The molecule has 2 aromatic rings. The highest BCUT2D eigenvalue weighted by Crippen LogP contribution is 2.46. The standard InChI is InChI=1S/C37H46O6/c1-6-7-27-8-10-28(11-9-27)29-12-14-31(15-13-29)34-22-32(18-21-35(34)43-37(39)26(3)24-41-5)30-16-19-33(20-17-30)42-36(38)25(2)23-40-4/h6-7,16-22,27-29,31H,2-3,8-15,23-24H2,1,4-5H3/b7-6+. The summed E-state index contributed by atoms with van der Waals surface area (Å²) >= 11 is 0. The minimum atomic E-state index is -0.514. The topological polar surface area (TPSA) is 71.1 Å². The van der Waals surface area contributed by atoms with Gasteiger partial charge in [0.25, 0.3) is 0 Å². The average Bonchev–Trinajstić information content (AvgIpc) is 3.02. The van der Waals surface area contributed by atoms with Crippen molar-refractivity contribution in [1.29, 1.82) is 0 Å². The van der Waals surface area contributed by atoms with Crippen LogP contribution < -0.4 is 9.47 Å². The van der Waals surface area contributed by atoms with Crippen LogP contribution >= 0.6 is 0 Å². The zero-order valence-corrected chi connectivity index (χ0v) is 25.9.